The number of hydrogen-bond acceptors (Lipinski definition) is 1. The highest BCUT2D eigenvalue weighted by molar-refractivity contribution is 6.29. The minimum Gasteiger partial charge on any atom is -0.294 e. The van der Waals surface area contributed by atoms with Crippen molar-refractivity contribution in [1.29, 1.82) is 0 Å². The van der Waals surface area contributed by atoms with Crippen LogP contribution in [0, 0.1) is 6.92 Å². The largest absolute Gasteiger partial charge is 0.294 e. The van der Waals surface area contributed by atoms with E-state index in [0.717, 1.165) is 27.8 Å². The molecule has 0 saturated heterocycles. The predicted molar refractivity (Wildman–Crippen MR) is 101 cm³/mol. The number of hydrogen-bond donors (Lipinski definition) is 0. The molecule has 0 amide bonds. The van der Waals surface area contributed by atoms with Gasteiger partial charge in [-0.3, -0.25) is 4.79 Å². The van der Waals surface area contributed by atoms with Gasteiger partial charge in [-0.15, -0.1) is 0 Å². The smallest absolute Gasteiger partial charge is 0.161 e. The zero-order valence-corrected chi connectivity index (χ0v) is 14.0. The number of allylic oxidation sites excluding steroid dienone is 1. The summed E-state index contributed by atoms with van der Waals surface area (Å²) in [5, 5.41) is 0. The van der Waals surface area contributed by atoms with Gasteiger partial charge in [0.05, 0.1) is 0 Å². The highest BCUT2D eigenvalue weighted by Gasteiger charge is 2.17. The fourth-order valence-corrected chi connectivity index (χ4v) is 2.91. The Kier molecular flexibility index (Phi) is 4.72. The molecule has 0 bridgehead atoms. The van der Waals surface area contributed by atoms with Crippen molar-refractivity contribution >= 4 is 16.9 Å². The van der Waals surface area contributed by atoms with Crippen molar-refractivity contribution in [2.24, 2.45) is 0 Å². The van der Waals surface area contributed by atoms with Crippen LogP contribution in [-0.2, 0) is 4.79 Å². The molecule has 0 aromatic heterocycles. The first-order chi connectivity index (χ1) is 11.7. The molecule has 0 heterocycles. The van der Waals surface area contributed by atoms with Gasteiger partial charge in [0, 0.05) is 11.1 Å². The third kappa shape index (κ3) is 3.36. The van der Waals surface area contributed by atoms with Crippen LogP contribution in [0.2, 0.25) is 0 Å². The average molecular weight is 312 g/mol. The van der Waals surface area contributed by atoms with E-state index in [2.05, 4.69) is 43.3 Å². The van der Waals surface area contributed by atoms with Crippen molar-refractivity contribution in [3.63, 3.8) is 0 Å². The molecule has 118 valence electrons. The van der Waals surface area contributed by atoms with Crippen molar-refractivity contribution < 1.29 is 4.79 Å². The lowest BCUT2D eigenvalue weighted by atomic mass is 9.87. The number of Topliss-reactive ketones (excluding diaryl/α,β-unsaturated/α-hetero) is 1. The molecule has 0 N–H and O–H groups in total. The second-order valence-electron chi connectivity index (χ2n) is 5.90. The molecule has 3 rings (SSSR count). The van der Waals surface area contributed by atoms with E-state index in [-0.39, 0.29) is 5.78 Å². The average Bonchev–Trinajstić information content (AvgIpc) is 2.62. The van der Waals surface area contributed by atoms with Gasteiger partial charge >= 0.3 is 0 Å². The molecule has 24 heavy (non-hydrogen) atoms. The Morgan fingerprint density at radius 1 is 0.625 bits per heavy atom. The van der Waals surface area contributed by atoms with Gasteiger partial charge in [0.2, 0.25) is 0 Å². The molecule has 0 aliphatic carbocycles. The van der Waals surface area contributed by atoms with Crippen LogP contribution in [-0.4, -0.2) is 5.78 Å². The zero-order valence-electron chi connectivity index (χ0n) is 14.0. The predicted octanol–water partition coefficient (Wildman–Crippen LogP) is 5.54. The summed E-state index contributed by atoms with van der Waals surface area (Å²) in [5.41, 5.74) is 6.00. The summed E-state index contributed by atoms with van der Waals surface area (Å²) in [7, 11) is 0. The normalized spacial score (nSPS) is 11.8. The summed E-state index contributed by atoms with van der Waals surface area (Å²) in [6.07, 6.45) is 0. The number of carbonyl (C=O) groups is 1. The van der Waals surface area contributed by atoms with Crippen LogP contribution < -0.4 is 0 Å². The summed E-state index contributed by atoms with van der Waals surface area (Å²) in [6.45, 7) is 3.71. The molecule has 0 fully saturated rings. The van der Waals surface area contributed by atoms with E-state index in [0.29, 0.717) is 0 Å². The van der Waals surface area contributed by atoms with Gasteiger partial charge in [-0.1, -0.05) is 90.5 Å². The Hall–Kier alpha value is -2.93. The lowest BCUT2D eigenvalue weighted by molar-refractivity contribution is -0.111. The second-order valence-corrected chi connectivity index (χ2v) is 5.90. The first kappa shape index (κ1) is 15.9. The fourth-order valence-electron chi connectivity index (χ4n) is 2.91. The Labute approximate surface area is 143 Å². The standard InChI is InChI=1S/C23H20O/c1-17-13-15-21(16-14-17)23(20-11-7-4-8-12-20)22(18(2)24)19-9-5-3-6-10-19/h3-16H,1-2H3/b23-22+. The van der Waals surface area contributed by atoms with Gasteiger partial charge < -0.3 is 0 Å². The Morgan fingerprint density at radius 2 is 1.08 bits per heavy atom. The summed E-state index contributed by atoms with van der Waals surface area (Å²) in [6, 6.07) is 28.4. The molecule has 0 spiro atoms. The van der Waals surface area contributed by atoms with Gasteiger partial charge in [-0.25, -0.2) is 0 Å². The van der Waals surface area contributed by atoms with Gasteiger partial charge in [-0.2, -0.15) is 0 Å². The zero-order chi connectivity index (χ0) is 16.9. The van der Waals surface area contributed by atoms with Crippen molar-refractivity contribution in [2.45, 2.75) is 13.8 Å². The maximum Gasteiger partial charge on any atom is 0.161 e. The molecule has 0 unspecified atom stereocenters. The number of carbonyl (C=O) groups excluding carboxylic acids is 1. The second kappa shape index (κ2) is 7.10. The molecule has 0 radical (unpaired) electrons. The topological polar surface area (TPSA) is 17.1 Å². The third-order valence-corrected chi connectivity index (χ3v) is 4.07. The number of ketones is 1. The first-order valence-electron chi connectivity index (χ1n) is 8.10. The van der Waals surface area contributed by atoms with Gasteiger partial charge in [0.1, 0.15) is 0 Å². The molecule has 0 atom stereocenters. The van der Waals surface area contributed by atoms with Gasteiger partial charge in [0.25, 0.3) is 0 Å². The van der Waals surface area contributed by atoms with Crippen LogP contribution in [0.1, 0.15) is 29.2 Å². The van der Waals surface area contributed by atoms with Crippen LogP contribution in [0.3, 0.4) is 0 Å². The highest BCUT2D eigenvalue weighted by Crippen LogP contribution is 2.33. The molecule has 0 saturated carbocycles. The van der Waals surface area contributed by atoms with E-state index >= 15 is 0 Å². The quantitative estimate of drug-likeness (QED) is 0.456. The first-order valence-corrected chi connectivity index (χ1v) is 8.10. The van der Waals surface area contributed by atoms with E-state index in [1.54, 1.807) is 6.92 Å². The van der Waals surface area contributed by atoms with Gasteiger partial charge in [-0.05, 0) is 30.5 Å². The molecule has 3 aromatic rings. The number of rotatable bonds is 4. The number of aryl methyl sites for hydroxylation is 1. The van der Waals surface area contributed by atoms with Crippen LogP contribution in [0.4, 0.5) is 0 Å². The Bertz CT molecular complexity index is 857. The molecular weight excluding hydrogens is 292 g/mol. The van der Waals surface area contributed by atoms with Crippen molar-refractivity contribution in [3.8, 4) is 0 Å². The van der Waals surface area contributed by atoms with Crippen LogP contribution in [0.5, 0.6) is 0 Å². The van der Waals surface area contributed by atoms with E-state index in [1.807, 2.05) is 48.5 Å². The van der Waals surface area contributed by atoms with E-state index in [9.17, 15) is 4.79 Å². The minimum absolute atomic E-state index is 0.0700. The molecule has 0 aliphatic heterocycles. The summed E-state index contributed by atoms with van der Waals surface area (Å²) >= 11 is 0. The lowest BCUT2D eigenvalue weighted by Crippen LogP contribution is -2.02. The molecular formula is C23H20O. The van der Waals surface area contributed by atoms with Crippen LogP contribution >= 0.6 is 0 Å². The maximum absolute atomic E-state index is 12.5. The highest BCUT2D eigenvalue weighted by atomic mass is 16.1. The molecule has 3 aromatic carbocycles. The van der Waals surface area contributed by atoms with E-state index in [1.165, 1.54) is 5.56 Å². The summed E-state index contributed by atoms with van der Waals surface area (Å²) in [4.78, 5) is 12.5. The fraction of sp³-hybridized carbons (Fsp3) is 0.0870. The summed E-state index contributed by atoms with van der Waals surface area (Å²) < 4.78 is 0. The van der Waals surface area contributed by atoms with Crippen molar-refractivity contribution in [2.75, 3.05) is 0 Å². The Balaban J connectivity index is 2.33. The lowest BCUT2D eigenvalue weighted by Gasteiger charge is -2.15. The monoisotopic (exact) mass is 312 g/mol. The Morgan fingerprint density at radius 3 is 1.58 bits per heavy atom. The molecule has 1 nitrogen and oxygen atoms in total. The van der Waals surface area contributed by atoms with Crippen molar-refractivity contribution in [3.05, 3.63) is 107 Å². The minimum atomic E-state index is 0.0700. The van der Waals surface area contributed by atoms with E-state index in [4.69, 9.17) is 0 Å². The van der Waals surface area contributed by atoms with Crippen LogP contribution in [0.25, 0.3) is 11.1 Å². The number of benzene rings is 3. The van der Waals surface area contributed by atoms with Crippen molar-refractivity contribution in [1.82, 2.24) is 0 Å². The van der Waals surface area contributed by atoms with Gasteiger partial charge in [0.15, 0.2) is 5.78 Å². The SMILES string of the molecule is CC(=O)/C(=C(/c1ccccc1)c1ccc(C)cc1)c1ccccc1. The third-order valence-electron chi connectivity index (χ3n) is 4.07. The molecule has 0 aliphatic rings. The van der Waals surface area contributed by atoms with E-state index < -0.39 is 0 Å². The maximum atomic E-state index is 12.5. The molecule has 1 heteroatoms. The van der Waals surface area contributed by atoms with Crippen LogP contribution in [0.15, 0.2) is 84.9 Å². The summed E-state index contributed by atoms with van der Waals surface area (Å²) in [5.74, 6) is 0.0700.